The molecule has 19 heavy (non-hydrogen) atoms. The number of aryl methyl sites for hydroxylation is 1. The molecule has 0 bridgehead atoms. The molecule has 0 aliphatic rings. The van der Waals surface area contributed by atoms with Crippen molar-refractivity contribution >= 4 is 22.9 Å². The van der Waals surface area contributed by atoms with Gasteiger partial charge in [0.15, 0.2) is 0 Å². The van der Waals surface area contributed by atoms with Gasteiger partial charge in [-0.05, 0) is 36.8 Å². The third-order valence-electron chi connectivity index (χ3n) is 2.73. The van der Waals surface area contributed by atoms with Crippen molar-refractivity contribution in [1.82, 2.24) is 19.4 Å². The van der Waals surface area contributed by atoms with Gasteiger partial charge in [0.25, 0.3) is 5.89 Å². The van der Waals surface area contributed by atoms with Gasteiger partial charge < -0.3 is 4.42 Å². The van der Waals surface area contributed by atoms with Crippen LogP contribution in [0.15, 0.2) is 26.7 Å². The lowest BCUT2D eigenvalue weighted by Gasteiger charge is -2.06. The first-order valence-corrected chi connectivity index (χ1v) is 7.24. The molecule has 0 aliphatic carbocycles. The SMILES string of the molecule is Cc1nnsc1C(C)n1nc(-c2cccs2)oc1=O. The first-order valence-electron chi connectivity index (χ1n) is 5.59. The average Bonchev–Trinajstić information content (AvgIpc) is 3.07. The predicted octanol–water partition coefficient (Wildman–Crippen LogP) is 2.33. The number of nitrogens with zero attached hydrogens (tertiary/aromatic N) is 4. The van der Waals surface area contributed by atoms with E-state index in [0.29, 0.717) is 5.89 Å². The molecule has 0 amide bonds. The summed E-state index contributed by atoms with van der Waals surface area (Å²) < 4.78 is 10.4. The lowest BCUT2D eigenvalue weighted by molar-refractivity contribution is 0.465. The molecule has 0 saturated carbocycles. The largest absolute Gasteiger partial charge is 0.438 e. The molecular formula is C11H10N4O2S2. The molecule has 0 aliphatic heterocycles. The summed E-state index contributed by atoms with van der Waals surface area (Å²) in [6.45, 7) is 3.74. The molecule has 0 radical (unpaired) electrons. The molecular weight excluding hydrogens is 284 g/mol. The first kappa shape index (κ1) is 12.2. The van der Waals surface area contributed by atoms with E-state index in [1.54, 1.807) is 0 Å². The van der Waals surface area contributed by atoms with Gasteiger partial charge in [0.05, 0.1) is 21.5 Å². The van der Waals surface area contributed by atoms with Gasteiger partial charge in [-0.1, -0.05) is 10.6 Å². The van der Waals surface area contributed by atoms with E-state index in [-0.39, 0.29) is 6.04 Å². The maximum atomic E-state index is 11.9. The highest BCUT2D eigenvalue weighted by molar-refractivity contribution is 7.13. The molecule has 3 aromatic rings. The van der Waals surface area contributed by atoms with Crippen LogP contribution in [0.1, 0.15) is 23.5 Å². The number of rotatable bonds is 3. The number of aromatic nitrogens is 4. The highest BCUT2D eigenvalue weighted by Gasteiger charge is 2.20. The van der Waals surface area contributed by atoms with Crippen molar-refractivity contribution in [3.63, 3.8) is 0 Å². The zero-order chi connectivity index (χ0) is 13.4. The predicted molar refractivity (Wildman–Crippen MR) is 72.5 cm³/mol. The second-order valence-electron chi connectivity index (χ2n) is 3.99. The number of hydrogen-bond donors (Lipinski definition) is 0. The molecule has 0 spiro atoms. The molecule has 0 aromatic carbocycles. The Morgan fingerprint density at radius 2 is 2.32 bits per heavy atom. The fourth-order valence-electron chi connectivity index (χ4n) is 1.76. The quantitative estimate of drug-likeness (QED) is 0.741. The van der Waals surface area contributed by atoms with Crippen LogP contribution in [0.3, 0.4) is 0 Å². The van der Waals surface area contributed by atoms with Crippen molar-refractivity contribution in [2.45, 2.75) is 19.9 Å². The van der Waals surface area contributed by atoms with Crippen molar-refractivity contribution in [2.75, 3.05) is 0 Å². The summed E-state index contributed by atoms with van der Waals surface area (Å²) in [5, 5.41) is 10.1. The molecule has 3 heterocycles. The van der Waals surface area contributed by atoms with E-state index in [0.717, 1.165) is 15.4 Å². The van der Waals surface area contributed by atoms with Crippen molar-refractivity contribution < 1.29 is 4.42 Å². The smallest absolute Gasteiger partial charge is 0.387 e. The molecule has 1 unspecified atom stereocenters. The number of thiophene rings is 1. The highest BCUT2D eigenvalue weighted by atomic mass is 32.1. The molecule has 3 aromatic heterocycles. The third kappa shape index (κ3) is 2.13. The van der Waals surface area contributed by atoms with Gasteiger partial charge in [-0.3, -0.25) is 0 Å². The van der Waals surface area contributed by atoms with Crippen molar-refractivity contribution in [1.29, 1.82) is 0 Å². The van der Waals surface area contributed by atoms with Crippen LogP contribution >= 0.6 is 22.9 Å². The Morgan fingerprint density at radius 3 is 2.95 bits per heavy atom. The minimum atomic E-state index is -0.469. The van der Waals surface area contributed by atoms with E-state index in [2.05, 4.69) is 14.7 Å². The zero-order valence-electron chi connectivity index (χ0n) is 10.2. The van der Waals surface area contributed by atoms with Crippen LogP contribution in [0, 0.1) is 6.92 Å². The van der Waals surface area contributed by atoms with Crippen molar-refractivity contribution in [3.8, 4) is 10.8 Å². The summed E-state index contributed by atoms with van der Waals surface area (Å²) in [6.07, 6.45) is 0. The fraction of sp³-hybridized carbons (Fsp3) is 0.273. The topological polar surface area (TPSA) is 73.8 Å². The first-order chi connectivity index (χ1) is 9.16. The van der Waals surface area contributed by atoms with Crippen LogP contribution in [-0.2, 0) is 0 Å². The minimum Gasteiger partial charge on any atom is -0.387 e. The van der Waals surface area contributed by atoms with Crippen LogP contribution in [0.2, 0.25) is 0 Å². The monoisotopic (exact) mass is 294 g/mol. The third-order valence-corrected chi connectivity index (χ3v) is 4.59. The Labute approximate surface area is 116 Å². The molecule has 98 valence electrons. The van der Waals surface area contributed by atoms with Gasteiger partial charge in [-0.25, -0.2) is 4.79 Å². The van der Waals surface area contributed by atoms with Crippen LogP contribution in [0.25, 0.3) is 10.8 Å². The minimum absolute atomic E-state index is 0.232. The van der Waals surface area contributed by atoms with E-state index in [1.165, 1.54) is 27.6 Å². The fourth-order valence-corrected chi connectivity index (χ4v) is 3.08. The molecule has 0 N–H and O–H groups in total. The van der Waals surface area contributed by atoms with E-state index < -0.39 is 5.76 Å². The van der Waals surface area contributed by atoms with Crippen molar-refractivity contribution in [2.24, 2.45) is 0 Å². The molecule has 6 nitrogen and oxygen atoms in total. The summed E-state index contributed by atoms with van der Waals surface area (Å²) >= 11 is 2.75. The summed E-state index contributed by atoms with van der Waals surface area (Å²) in [5.41, 5.74) is 0.810. The van der Waals surface area contributed by atoms with E-state index in [4.69, 9.17) is 4.42 Å². The molecule has 1 atom stereocenters. The summed E-state index contributed by atoms with van der Waals surface area (Å²) in [6, 6.07) is 3.52. The molecule has 0 saturated heterocycles. The van der Waals surface area contributed by atoms with E-state index in [1.807, 2.05) is 31.4 Å². The van der Waals surface area contributed by atoms with Crippen LogP contribution in [0.5, 0.6) is 0 Å². The lowest BCUT2D eigenvalue weighted by atomic mass is 10.2. The maximum Gasteiger partial charge on any atom is 0.438 e. The van der Waals surface area contributed by atoms with E-state index in [9.17, 15) is 4.79 Å². The Bertz CT molecular complexity index is 741. The average molecular weight is 294 g/mol. The molecule has 3 rings (SSSR count). The Hall–Kier alpha value is -1.80. The van der Waals surface area contributed by atoms with Crippen LogP contribution in [0.4, 0.5) is 0 Å². The molecule has 0 fully saturated rings. The second kappa shape index (κ2) is 4.71. The van der Waals surface area contributed by atoms with Gasteiger partial charge >= 0.3 is 5.76 Å². The Kier molecular flexibility index (Phi) is 3.03. The van der Waals surface area contributed by atoms with Gasteiger partial charge in [0.1, 0.15) is 0 Å². The zero-order valence-corrected chi connectivity index (χ0v) is 11.9. The molecule has 8 heteroatoms. The summed E-state index contributed by atoms with van der Waals surface area (Å²) in [4.78, 5) is 13.6. The van der Waals surface area contributed by atoms with Gasteiger partial charge in [-0.15, -0.1) is 21.5 Å². The van der Waals surface area contributed by atoms with Crippen LogP contribution < -0.4 is 5.76 Å². The standard InChI is InChI=1S/C11H10N4O2S2/c1-6-9(19-14-12-6)7(2)15-11(16)17-10(13-15)8-4-3-5-18-8/h3-5,7H,1-2H3. The van der Waals surface area contributed by atoms with Gasteiger partial charge in [0.2, 0.25) is 0 Å². The Morgan fingerprint density at radius 1 is 1.47 bits per heavy atom. The maximum absolute atomic E-state index is 11.9. The van der Waals surface area contributed by atoms with Gasteiger partial charge in [-0.2, -0.15) is 4.68 Å². The lowest BCUT2D eigenvalue weighted by Crippen LogP contribution is -2.20. The second-order valence-corrected chi connectivity index (χ2v) is 5.73. The number of hydrogen-bond acceptors (Lipinski definition) is 7. The Balaban J connectivity index is 2.03. The summed E-state index contributed by atoms with van der Waals surface area (Å²) in [7, 11) is 0. The normalized spacial score (nSPS) is 12.7. The van der Waals surface area contributed by atoms with Gasteiger partial charge in [0, 0.05) is 0 Å². The summed E-state index contributed by atoms with van der Waals surface area (Å²) in [5.74, 6) is -0.120. The van der Waals surface area contributed by atoms with E-state index >= 15 is 0 Å². The van der Waals surface area contributed by atoms with Crippen molar-refractivity contribution in [3.05, 3.63) is 38.6 Å². The van der Waals surface area contributed by atoms with Crippen LogP contribution in [-0.4, -0.2) is 19.4 Å². The highest BCUT2D eigenvalue weighted by Crippen LogP contribution is 2.25.